The lowest BCUT2D eigenvalue weighted by atomic mass is 10.0. The summed E-state index contributed by atoms with van der Waals surface area (Å²) in [7, 11) is 0. The van der Waals surface area contributed by atoms with Crippen molar-refractivity contribution >= 4 is 0 Å². The number of hydrogen-bond donors (Lipinski definition) is 2. The Labute approximate surface area is 98.4 Å². The Bertz CT molecular complexity index is 342. The van der Waals surface area contributed by atoms with E-state index in [1.54, 1.807) is 0 Å². The van der Waals surface area contributed by atoms with Gasteiger partial charge in [-0.3, -0.25) is 0 Å². The van der Waals surface area contributed by atoms with Gasteiger partial charge in [0.25, 0.3) is 0 Å². The lowest BCUT2D eigenvalue weighted by molar-refractivity contribution is 0.402. The fraction of sp³-hybridized carbons (Fsp3) is 0.692. The van der Waals surface area contributed by atoms with Crippen LogP contribution in [-0.2, 0) is 6.54 Å². The zero-order chi connectivity index (χ0) is 12.3. The van der Waals surface area contributed by atoms with Gasteiger partial charge < -0.3 is 15.5 Å². The molecular formula is C13H24N2O. The van der Waals surface area contributed by atoms with Gasteiger partial charge in [-0.1, -0.05) is 13.8 Å². The summed E-state index contributed by atoms with van der Waals surface area (Å²) in [6.07, 6.45) is 0. The van der Waals surface area contributed by atoms with Gasteiger partial charge in [-0.2, -0.15) is 0 Å². The van der Waals surface area contributed by atoms with E-state index in [1.807, 2.05) is 13.8 Å². The third-order valence-corrected chi connectivity index (χ3v) is 3.31. The van der Waals surface area contributed by atoms with Gasteiger partial charge in [0, 0.05) is 24.7 Å². The normalized spacial score (nSPS) is 13.4. The number of nitrogens with two attached hydrogens (primary N) is 1. The third-order valence-electron chi connectivity index (χ3n) is 3.31. The lowest BCUT2D eigenvalue weighted by Crippen LogP contribution is -2.39. The zero-order valence-electron chi connectivity index (χ0n) is 11.1. The van der Waals surface area contributed by atoms with Gasteiger partial charge in [0.15, 0.2) is 0 Å². The highest BCUT2D eigenvalue weighted by molar-refractivity contribution is 5.31. The van der Waals surface area contributed by atoms with E-state index >= 15 is 0 Å². The third kappa shape index (κ3) is 2.86. The zero-order valence-corrected chi connectivity index (χ0v) is 11.1. The number of hydrogen-bond acceptors (Lipinski definition) is 3. The molecule has 3 nitrogen and oxygen atoms in total. The van der Waals surface area contributed by atoms with Crippen molar-refractivity contribution in [2.75, 3.05) is 6.54 Å². The Balaban J connectivity index is 2.67. The summed E-state index contributed by atoms with van der Waals surface area (Å²) >= 11 is 0. The predicted molar refractivity (Wildman–Crippen MR) is 67.4 cm³/mol. The van der Waals surface area contributed by atoms with Crippen LogP contribution >= 0.6 is 0 Å². The molecule has 0 spiro atoms. The van der Waals surface area contributed by atoms with Crippen molar-refractivity contribution in [1.29, 1.82) is 0 Å². The first-order valence-corrected chi connectivity index (χ1v) is 5.96. The summed E-state index contributed by atoms with van der Waals surface area (Å²) in [5.41, 5.74) is 8.26. The fourth-order valence-electron chi connectivity index (χ4n) is 1.93. The molecule has 0 aliphatic heterocycles. The van der Waals surface area contributed by atoms with Gasteiger partial charge in [-0.25, -0.2) is 0 Å². The monoisotopic (exact) mass is 224 g/mol. The second-order valence-electron chi connectivity index (χ2n) is 4.79. The molecule has 3 N–H and O–H groups in total. The van der Waals surface area contributed by atoms with Crippen LogP contribution in [0.2, 0.25) is 0 Å². The first-order chi connectivity index (χ1) is 7.47. The summed E-state index contributed by atoms with van der Waals surface area (Å²) in [4.78, 5) is 0. The minimum absolute atomic E-state index is 0.369. The predicted octanol–water partition coefficient (Wildman–Crippen LogP) is 2.28. The second kappa shape index (κ2) is 5.51. The van der Waals surface area contributed by atoms with Crippen LogP contribution in [0.1, 0.15) is 36.5 Å². The maximum Gasteiger partial charge on any atom is 0.105 e. The van der Waals surface area contributed by atoms with Gasteiger partial charge in [0.2, 0.25) is 0 Å². The Morgan fingerprint density at radius 2 is 1.81 bits per heavy atom. The van der Waals surface area contributed by atoms with Crippen LogP contribution in [0, 0.1) is 26.7 Å². The molecule has 1 heterocycles. The highest BCUT2D eigenvalue weighted by atomic mass is 16.3. The van der Waals surface area contributed by atoms with Crippen LogP contribution in [0.3, 0.4) is 0 Å². The summed E-state index contributed by atoms with van der Waals surface area (Å²) < 4.78 is 5.60. The van der Waals surface area contributed by atoms with Crippen LogP contribution in [0.5, 0.6) is 0 Å². The van der Waals surface area contributed by atoms with E-state index in [2.05, 4.69) is 26.1 Å². The Morgan fingerprint density at radius 3 is 2.19 bits per heavy atom. The van der Waals surface area contributed by atoms with Crippen LogP contribution < -0.4 is 11.1 Å². The molecule has 92 valence electrons. The molecule has 0 fully saturated rings. The molecule has 0 bridgehead atoms. The molecule has 1 aromatic rings. The first-order valence-electron chi connectivity index (χ1n) is 5.96. The minimum atomic E-state index is 0.369. The van der Waals surface area contributed by atoms with Crippen molar-refractivity contribution < 1.29 is 4.42 Å². The van der Waals surface area contributed by atoms with E-state index in [0.29, 0.717) is 18.5 Å². The van der Waals surface area contributed by atoms with E-state index in [4.69, 9.17) is 10.2 Å². The summed E-state index contributed by atoms with van der Waals surface area (Å²) in [5.74, 6) is 2.59. The van der Waals surface area contributed by atoms with Gasteiger partial charge in [-0.15, -0.1) is 0 Å². The average Bonchev–Trinajstić information content (AvgIpc) is 2.44. The van der Waals surface area contributed by atoms with E-state index in [0.717, 1.165) is 18.1 Å². The maximum absolute atomic E-state index is 5.73. The Hall–Kier alpha value is -0.800. The Kier molecular flexibility index (Phi) is 4.56. The van der Waals surface area contributed by atoms with Gasteiger partial charge in [0.05, 0.1) is 0 Å². The molecule has 0 aliphatic carbocycles. The molecule has 3 heteroatoms. The largest absolute Gasteiger partial charge is 0.466 e. The molecule has 0 saturated carbocycles. The molecular weight excluding hydrogens is 200 g/mol. The quantitative estimate of drug-likeness (QED) is 0.806. The number of rotatable bonds is 5. The fourth-order valence-corrected chi connectivity index (χ4v) is 1.93. The molecule has 0 radical (unpaired) electrons. The van der Waals surface area contributed by atoms with Crippen molar-refractivity contribution in [3.05, 3.63) is 22.6 Å². The van der Waals surface area contributed by atoms with E-state index in [9.17, 15) is 0 Å². The van der Waals surface area contributed by atoms with Gasteiger partial charge in [-0.05, 0) is 32.3 Å². The lowest BCUT2D eigenvalue weighted by Gasteiger charge is -2.20. The molecule has 0 saturated heterocycles. The first kappa shape index (κ1) is 13.3. The second-order valence-corrected chi connectivity index (χ2v) is 4.79. The number of furan rings is 1. The highest BCUT2D eigenvalue weighted by Crippen LogP contribution is 2.20. The van der Waals surface area contributed by atoms with Gasteiger partial charge in [0.1, 0.15) is 11.5 Å². The van der Waals surface area contributed by atoms with E-state index in [-0.39, 0.29) is 0 Å². The summed E-state index contributed by atoms with van der Waals surface area (Å²) in [5, 5.41) is 3.50. The molecule has 0 amide bonds. The van der Waals surface area contributed by atoms with Gasteiger partial charge >= 0.3 is 0 Å². The molecule has 0 aliphatic rings. The molecule has 1 aromatic heterocycles. The van der Waals surface area contributed by atoms with Crippen molar-refractivity contribution in [1.82, 2.24) is 5.32 Å². The standard InChI is InChI=1S/C13H24N2O/c1-8(2)13(6-14)15-7-12-9(3)10(4)16-11(12)5/h8,13,15H,6-7,14H2,1-5H3. The van der Waals surface area contributed by atoms with Crippen LogP contribution in [0.4, 0.5) is 0 Å². The maximum atomic E-state index is 5.73. The smallest absolute Gasteiger partial charge is 0.105 e. The van der Waals surface area contributed by atoms with E-state index in [1.165, 1.54) is 11.1 Å². The minimum Gasteiger partial charge on any atom is -0.466 e. The van der Waals surface area contributed by atoms with Crippen LogP contribution in [0.15, 0.2) is 4.42 Å². The Morgan fingerprint density at radius 1 is 1.19 bits per heavy atom. The summed E-state index contributed by atoms with van der Waals surface area (Å²) in [6.45, 7) is 12.0. The average molecular weight is 224 g/mol. The SMILES string of the molecule is Cc1oc(C)c(CNC(CN)C(C)C)c1C. The van der Waals surface area contributed by atoms with E-state index < -0.39 is 0 Å². The molecule has 1 rings (SSSR count). The van der Waals surface area contributed by atoms with Crippen molar-refractivity contribution in [2.45, 2.75) is 47.2 Å². The highest BCUT2D eigenvalue weighted by Gasteiger charge is 2.14. The van der Waals surface area contributed by atoms with Crippen molar-refractivity contribution in [2.24, 2.45) is 11.7 Å². The molecule has 1 atom stereocenters. The van der Waals surface area contributed by atoms with Crippen molar-refractivity contribution in [3.63, 3.8) is 0 Å². The topological polar surface area (TPSA) is 51.2 Å². The summed E-state index contributed by atoms with van der Waals surface area (Å²) in [6, 6.07) is 0.369. The molecule has 16 heavy (non-hydrogen) atoms. The number of nitrogens with one attached hydrogen (secondary N) is 1. The number of aryl methyl sites for hydroxylation is 2. The van der Waals surface area contributed by atoms with Crippen LogP contribution in [-0.4, -0.2) is 12.6 Å². The van der Waals surface area contributed by atoms with Crippen molar-refractivity contribution in [3.8, 4) is 0 Å². The molecule has 0 aromatic carbocycles. The molecule has 1 unspecified atom stereocenters. The van der Waals surface area contributed by atoms with Crippen LogP contribution in [0.25, 0.3) is 0 Å².